The van der Waals surface area contributed by atoms with Crippen LogP contribution in [0.5, 0.6) is 0 Å². The minimum absolute atomic E-state index is 0. The molecule has 2 heterocycles. The van der Waals surface area contributed by atoms with Gasteiger partial charge in [0.15, 0.2) is 0 Å². The second-order valence-electron chi connectivity index (χ2n) is 9.24. The van der Waals surface area contributed by atoms with Crippen LogP contribution in [0.4, 0.5) is 17.5 Å². The summed E-state index contributed by atoms with van der Waals surface area (Å²) in [5.41, 5.74) is 6.27. The first-order valence-corrected chi connectivity index (χ1v) is 13.5. The summed E-state index contributed by atoms with van der Waals surface area (Å²) in [4.78, 5) is 15.9. The second-order valence-corrected chi connectivity index (χ2v) is 10.1. The predicted molar refractivity (Wildman–Crippen MR) is 155 cm³/mol. The van der Waals surface area contributed by atoms with Crippen molar-refractivity contribution in [3.63, 3.8) is 0 Å². The lowest BCUT2D eigenvalue weighted by atomic mass is 10.0. The van der Waals surface area contributed by atoms with Crippen LogP contribution in [-0.4, -0.2) is 35.9 Å². The van der Waals surface area contributed by atoms with E-state index in [1.165, 1.54) is 27.3 Å². The number of nitrogens with zero attached hydrogens (tertiary/aromatic N) is 4. The number of hydrogen-bond donors (Lipinski definition) is 0. The average molecular weight is 509 g/mol. The zero-order valence-electron chi connectivity index (χ0n) is 21.5. The van der Waals surface area contributed by atoms with Gasteiger partial charge < -0.3 is 9.80 Å². The van der Waals surface area contributed by atoms with Crippen LogP contribution < -0.4 is 9.80 Å². The van der Waals surface area contributed by atoms with Gasteiger partial charge in [-0.25, -0.2) is 4.98 Å². The molecule has 6 heteroatoms. The maximum Gasteiger partial charge on any atom is 0.232 e. The Balaban J connectivity index is 0.00000342. The number of piperidine rings is 1. The molecule has 4 rings (SSSR count). The zero-order chi connectivity index (χ0) is 24.1. The molecule has 0 spiro atoms. The highest BCUT2D eigenvalue weighted by molar-refractivity contribution is 7.98. The van der Waals surface area contributed by atoms with Crippen molar-refractivity contribution in [2.75, 3.05) is 35.7 Å². The molecular formula is C29H37ClN4S. The van der Waals surface area contributed by atoms with Crippen molar-refractivity contribution in [3.05, 3.63) is 77.0 Å². The molecule has 2 aromatic carbocycles. The molecule has 1 aliphatic heterocycles. The quantitative estimate of drug-likeness (QED) is 0.303. The number of aromatic nitrogens is 2. The van der Waals surface area contributed by atoms with Crippen molar-refractivity contribution >= 4 is 47.7 Å². The molecule has 0 aliphatic carbocycles. The summed E-state index contributed by atoms with van der Waals surface area (Å²) in [6.07, 6.45) is 6.76. The largest absolute Gasteiger partial charge is 0.352 e. The Labute approximate surface area is 221 Å². The van der Waals surface area contributed by atoms with Crippen molar-refractivity contribution in [3.8, 4) is 0 Å². The van der Waals surface area contributed by atoms with Crippen molar-refractivity contribution in [1.29, 1.82) is 0 Å². The molecule has 0 radical (unpaired) electrons. The number of anilines is 3. The standard InChI is InChI=1S/C29H36N4S.ClH/c1-6-33(26-15-14-25(21(2)3)19-27(26)34-5)29-30-22(4)17-28(31-29)32-16-10-13-24(20-32)18-23-11-8-7-9-12-23;/h7-9,11-12,14-15,17-19,21H,6,10,13,16,20H2,1-5H3;1H/b24-18-;. The maximum absolute atomic E-state index is 5.08. The number of rotatable bonds is 7. The molecule has 1 aromatic heterocycles. The normalized spacial score (nSPS) is 14.8. The highest BCUT2D eigenvalue weighted by atomic mass is 35.5. The van der Waals surface area contributed by atoms with E-state index < -0.39 is 0 Å². The number of hydrogen-bond acceptors (Lipinski definition) is 5. The number of halogens is 1. The van der Waals surface area contributed by atoms with Gasteiger partial charge in [-0.05, 0) is 62.1 Å². The van der Waals surface area contributed by atoms with Gasteiger partial charge in [0.25, 0.3) is 0 Å². The molecule has 0 bridgehead atoms. The van der Waals surface area contributed by atoms with Gasteiger partial charge in [-0.2, -0.15) is 4.98 Å². The highest BCUT2D eigenvalue weighted by Gasteiger charge is 2.20. The van der Waals surface area contributed by atoms with Crippen molar-refractivity contribution in [2.24, 2.45) is 0 Å². The van der Waals surface area contributed by atoms with Crippen LogP contribution in [0.25, 0.3) is 6.08 Å². The minimum Gasteiger partial charge on any atom is -0.352 e. The lowest BCUT2D eigenvalue weighted by Gasteiger charge is -2.31. The third-order valence-electron chi connectivity index (χ3n) is 6.36. The topological polar surface area (TPSA) is 32.3 Å². The monoisotopic (exact) mass is 508 g/mol. The van der Waals surface area contributed by atoms with Crippen LogP contribution in [0.3, 0.4) is 0 Å². The lowest BCUT2D eigenvalue weighted by molar-refractivity contribution is 0.672. The van der Waals surface area contributed by atoms with E-state index >= 15 is 0 Å². The fraction of sp³-hybridized carbons (Fsp3) is 0.379. The van der Waals surface area contributed by atoms with Gasteiger partial charge in [0.1, 0.15) is 5.82 Å². The molecule has 1 aliphatic rings. The van der Waals surface area contributed by atoms with Gasteiger partial charge in [-0.1, -0.05) is 61.9 Å². The Morgan fingerprint density at radius 3 is 2.54 bits per heavy atom. The molecule has 0 unspecified atom stereocenters. The molecular weight excluding hydrogens is 472 g/mol. The van der Waals surface area contributed by atoms with Crippen LogP contribution in [0.15, 0.2) is 65.1 Å². The van der Waals surface area contributed by atoms with Gasteiger partial charge in [0, 0.05) is 36.3 Å². The number of aryl methyl sites for hydroxylation is 1. The Morgan fingerprint density at radius 1 is 1.09 bits per heavy atom. The molecule has 0 amide bonds. The molecule has 0 saturated carbocycles. The van der Waals surface area contributed by atoms with Crippen molar-refractivity contribution in [2.45, 2.75) is 51.3 Å². The summed E-state index contributed by atoms with van der Waals surface area (Å²) < 4.78 is 0. The molecule has 1 saturated heterocycles. The first kappa shape index (κ1) is 27.1. The first-order valence-electron chi connectivity index (χ1n) is 12.3. The predicted octanol–water partition coefficient (Wildman–Crippen LogP) is 7.89. The summed E-state index contributed by atoms with van der Waals surface area (Å²) in [6, 6.07) is 19.5. The molecule has 0 atom stereocenters. The summed E-state index contributed by atoms with van der Waals surface area (Å²) in [5.74, 6) is 2.31. The van der Waals surface area contributed by atoms with Crippen LogP contribution in [-0.2, 0) is 0 Å². The highest BCUT2D eigenvalue weighted by Crippen LogP contribution is 2.35. The number of thioether (sulfide) groups is 1. The van der Waals surface area contributed by atoms with E-state index in [2.05, 4.69) is 104 Å². The average Bonchev–Trinajstić information content (AvgIpc) is 2.85. The summed E-state index contributed by atoms with van der Waals surface area (Å²) in [7, 11) is 0. The van der Waals surface area contributed by atoms with Crippen molar-refractivity contribution < 1.29 is 0 Å². The third kappa shape index (κ3) is 6.59. The van der Waals surface area contributed by atoms with E-state index in [1.54, 1.807) is 11.8 Å². The van der Waals surface area contributed by atoms with E-state index in [1.807, 2.05) is 0 Å². The van der Waals surface area contributed by atoms with Crippen LogP contribution in [0.1, 0.15) is 56.4 Å². The van der Waals surface area contributed by atoms with E-state index in [9.17, 15) is 0 Å². The van der Waals surface area contributed by atoms with Gasteiger partial charge in [-0.3, -0.25) is 0 Å². The van der Waals surface area contributed by atoms with Gasteiger partial charge in [0.05, 0.1) is 5.69 Å². The Bertz CT molecular complexity index is 1150. The minimum atomic E-state index is 0. The summed E-state index contributed by atoms with van der Waals surface area (Å²) in [5, 5.41) is 0. The second kappa shape index (κ2) is 12.5. The zero-order valence-corrected chi connectivity index (χ0v) is 23.1. The molecule has 3 aromatic rings. The van der Waals surface area contributed by atoms with E-state index in [0.29, 0.717) is 5.92 Å². The van der Waals surface area contributed by atoms with E-state index in [4.69, 9.17) is 9.97 Å². The lowest BCUT2D eigenvalue weighted by Crippen LogP contribution is -2.32. The Hall–Kier alpha value is -2.50. The summed E-state index contributed by atoms with van der Waals surface area (Å²) >= 11 is 1.79. The van der Waals surface area contributed by atoms with Crippen LogP contribution >= 0.6 is 24.2 Å². The SMILES string of the molecule is CCN(c1nc(C)cc(N2CCC/C(=C/c3ccccc3)C2)n1)c1ccc(C(C)C)cc1SC.Cl. The summed E-state index contributed by atoms with van der Waals surface area (Å²) in [6.45, 7) is 11.5. The van der Waals surface area contributed by atoms with Crippen LogP contribution in [0.2, 0.25) is 0 Å². The van der Waals surface area contributed by atoms with E-state index in [0.717, 1.165) is 49.9 Å². The Kier molecular flexibility index (Phi) is 9.64. The fourth-order valence-corrected chi connectivity index (χ4v) is 5.15. The number of benzene rings is 2. The molecule has 186 valence electrons. The van der Waals surface area contributed by atoms with Crippen molar-refractivity contribution in [1.82, 2.24) is 9.97 Å². The van der Waals surface area contributed by atoms with Crippen LogP contribution in [0, 0.1) is 6.92 Å². The molecule has 4 nitrogen and oxygen atoms in total. The van der Waals surface area contributed by atoms with Gasteiger partial charge in [-0.15, -0.1) is 24.2 Å². The smallest absolute Gasteiger partial charge is 0.232 e. The van der Waals surface area contributed by atoms with Gasteiger partial charge in [0.2, 0.25) is 5.95 Å². The van der Waals surface area contributed by atoms with Gasteiger partial charge >= 0.3 is 0 Å². The molecule has 0 N–H and O–H groups in total. The first-order chi connectivity index (χ1) is 16.5. The fourth-order valence-electron chi connectivity index (χ4n) is 4.51. The maximum atomic E-state index is 5.08. The van der Waals surface area contributed by atoms with E-state index in [-0.39, 0.29) is 12.4 Å². The molecule has 1 fully saturated rings. The third-order valence-corrected chi connectivity index (χ3v) is 7.13. The molecule has 35 heavy (non-hydrogen) atoms. The Morgan fingerprint density at radius 2 is 1.86 bits per heavy atom.